The Morgan fingerprint density at radius 3 is 1.69 bits per heavy atom. The van der Waals surface area contributed by atoms with E-state index in [1.807, 2.05) is 14.1 Å². The van der Waals surface area contributed by atoms with Crippen LogP contribution < -0.4 is 10.2 Å². The molecule has 2 radical (unpaired) electrons. The van der Waals surface area contributed by atoms with Gasteiger partial charge in [0.05, 0.1) is 14.1 Å². The molecule has 2 aliphatic rings. The predicted octanol–water partition coefficient (Wildman–Crippen LogP) is -0.315. The first-order valence-electron chi connectivity index (χ1n) is 8.70. The monoisotopic (exact) mass is 374 g/mol. The van der Waals surface area contributed by atoms with Crippen molar-refractivity contribution in [1.29, 1.82) is 0 Å². The molecule has 156 valence electrons. The summed E-state index contributed by atoms with van der Waals surface area (Å²) in [6, 6.07) is 0. The molecule has 0 aromatic carbocycles. The van der Waals surface area contributed by atoms with Crippen LogP contribution in [0.2, 0.25) is 0 Å². The molecule has 0 aliphatic carbocycles. The number of piperazine rings is 1. The van der Waals surface area contributed by atoms with E-state index in [9.17, 15) is 5.26 Å². The Labute approximate surface area is 163 Å². The molecule has 0 aromatic heterocycles. The maximum absolute atomic E-state index is 9.45. The number of rotatable bonds is 3. The highest BCUT2D eigenvalue weighted by atomic mass is 17.2. The lowest BCUT2D eigenvalue weighted by atomic mass is 10.0. The molecular weight excluding hydrogens is 331 g/mol. The highest BCUT2D eigenvalue weighted by Gasteiger charge is 2.13. The number of nitrogens with zero attached hydrogens (tertiary/aromatic N) is 5. The van der Waals surface area contributed by atoms with Crippen molar-refractivity contribution in [2.24, 2.45) is 16.4 Å². The Morgan fingerprint density at radius 1 is 1.00 bits per heavy atom. The van der Waals surface area contributed by atoms with Gasteiger partial charge in [0, 0.05) is 51.0 Å². The van der Waals surface area contributed by atoms with Crippen molar-refractivity contribution >= 4 is 7.85 Å². The topological polar surface area (TPSA) is 71.2 Å². The van der Waals surface area contributed by atoms with Gasteiger partial charge in [0.15, 0.2) is 0 Å². The fourth-order valence-electron chi connectivity index (χ4n) is 2.06. The molecule has 0 aromatic rings. The Bertz CT molecular complexity index is 298. The summed E-state index contributed by atoms with van der Waals surface area (Å²) in [5.41, 5.74) is 0. The smallest absolute Gasteiger partial charge is 0.149 e. The summed E-state index contributed by atoms with van der Waals surface area (Å²) < 4.78 is 0. The van der Waals surface area contributed by atoms with Crippen molar-refractivity contribution in [3.8, 4) is 0 Å². The van der Waals surface area contributed by atoms with Gasteiger partial charge in [-0.2, -0.15) is 0 Å². The average Bonchev–Trinajstić information content (AvgIpc) is 2.58. The van der Waals surface area contributed by atoms with E-state index in [1.54, 1.807) is 5.01 Å². The molecule has 2 rings (SSSR count). The molecule has 9 heteroatoms. The molecule has 0 bridgehead atoms. The lowest BCUT2D eigenvalue weighted by molar-refractivity contribution is -0.845. The van der Waals surface area contributed by atoms with Crippen molar-refractivity contribution in [2.45, 2.75) is 34.6 Å². The maximum Gasteiger partial charge on any atom is 0.149 e. The van der Waals surface area contributed by atoms with E-state index in [-0.39, 0.29) is 14.9 Å². The molecule has 0 spiro atoms. The van der Waals surface area contributed by atoms with Crippen LogP contribution in [0.5, 0.6) is 0 Å². The van der Waals surface area contributed by atoms with Crippen molar-refractivity contribution in [3.05, 3.63) is 0 Å². The maximum atomic E-state index is 9.45. The lowest BCUT2D eigenvalue weighted by Gasteiger charge is -2.28. The zero-order chi connectivity index (χ0) is 18.4. The normalized spacial score (nSPS) is 18.8. The van der Waals surface area contributed by atoms with Gasteiger partial charge in [0.2, 0.25) is 0 Å². The molecular formula is C17H43BN6O2. The molecule has 8 nitrogen and oxygen atoms in total. The van der Waals surface area contributed by atoms with Gasteiger partial charge in [-0.25, -0.2) is 0 Å². The van der Waals surface area contributed by atoms with Crippen LogP contribution in [0.4, 0.5) is 0 Å². The molecule has 2 fully saturated rings. The summed E-state index contributed by atoms with van der Waals surface area (Å²) in [7, 11) is 13.5. The molecule has 2 heterocycles. The number of nitrogens with one attached hydrogen (secondary N) is 1. The Balaban J connectivity index is -0.000000315. The van der Waals surface area contributed by atoms with Crippen LogP contribution in [0.3, 0.4) is 0 Å². The average molecular weight is 374 g/mol. The molecule has 0 unspecified atom stereocenters. The van der Waals surface area contributed by atoms with E-state index in [4.69, 9.17) is 7.85 Å². The molecule has 0 saturated carbocycles. The number of piperidine rings is 1. The standard InChI is InChI=1S/C6H13N3O2.C6H14N2.C3H8BN.2CH4/c1-6-2-4-9(5-3-6)7-8-11-10;1-7-3-5-8(2)6-4-7;1-5(2)3-4;;/h6,10H,2-5H2,1H3;3-6H2,1-2H3;3H2,1-2H3;2*1H4/b8-7+;;;;. The summed E-state index contributed by atoms with van der Waals surface area (Å²) in [4.78, 5) is 9.24. The highest BCUT2D eigenvalue weighted by Crippen LogP contribution is 2.15. The molecule has 0 amide bonds. The lowest BCUT2D eigenvalue weighted by Crippen LogP contribution is -3.05. The molecule has 2 saturated heterocycles. The van der Waals surface area contributed by atoms with Gasteiger partial charge in [-0.3, -0.25) is 5.01 Å². The van der Waals surface area contributed by atoms with E-state index in [1.165, 1.54) is 31.1 Å². The van der Waals surface area contributed by atoms with Crippen LogP contribution in [-0.4, -0.2) is 96.6 Å². The minimum absolute atomic E-state index is 0. The first-order chi connectivity index (χ1) is 11.4. The van der Waals surface area contributed by atoms with Crippen molar-refractivity contribution in [3.63, 3.8) is 0 Å². The van der Waals surface area contributed by atoms with Crippen molar-refractivity contribution in [1.82, 2.24) is 14.8 Å². The van der Waals surface area contributed by atoms with E-state index in [2.05, 4.69) is 46.3 Å². The zero-order valence-corrected chi connectivity index (χ0v) is 16.1. The first-order valence-corrected chi connectivity index (χ1v) is 8.70. The second-order valence-corrected chi connectivity index (χ2v) is 6.90. The summed E-state index contributed by atoms with van der Waals surface area (Å²) in [6.45, 7) is 8.88. The molecule has 2 aliphatic heterocycles. The Hall–Kier alpha value is -0.895. The minimum atomic E-state index is 0. The second-order valence-electron chi connectivity index (χ2n) is 6.90. The van der Waals surface area contributed by atoms with Gasteiger partial charge in [0.1, 0.15) is 7.85 Å². The molecule has 1 N–H and O–H groups in total. The highest BCUT2D eigenvalue weighted by molar-refractivity contribution is 6.07. The summed E-state index contributed by atoms with van der Waals surface area (Å²) in [5.74, 6) is 0.759. The number of hydrogen-bond acceptors (Lipinski definition) is 6. The van der Waals surface area contributed by atoms with Gasteiger partial charge in [-0.15, -0.1) is 0 Å². The van der Waals surface area contributed by atoms with E-state index in [0.29, 0.717) is 0 Å². The van der Waals surface area contributed by atoms with E-state index >= 15 is 0 Å². The van der Waals surface area contributed by atoms with E-state index < -0.39 is 0 Å². The van der Waals surface area contributed by atoms with Crippen LogP contribution >= 0.6 is 0 Å². The Kier molecular flexibility index (Phi) is 21.7. The van der Waals surface area contributed by atoms with Gasteiger partial charge < -0.3 is 24.9 Å². The number of likely N-dealkylation sites (N-methyl/N-ethyl adjacent to an activating group) is 2. The second kappa shape index (κ2) is 18.9. The first kappa shape index (κ1) is 29.9. The fraction of sp³-hybridized carbons (Fsp3) is 1.00. The minimum Gasteiger partial charge on any atom is -0.636 e. The molecule has 0 atom stereocenters. The van der Waals surface area contributed by atoms with Crippen LogP contribution in [0, 0.1) is 5.92 Å². The van der Waals surface area contributed by atoms with Crippen LogP contribution in [-0.2, 0) is 4.99 Å². The summed E-state index contributed by atoms with van der Waals surface area (Å²) >= 11 is 0. The third kappa shape index (κ3) is 17.9. The quantitative estimate of drug-likeness (QED) is 0.318. The van der Waals surface area contributed by atoms with Crippen molar-refractivity contribution in [2.75, 3.05) is 73.9 Å². The van der Waals surface area contributed by atoms with Gasteiger partial charge in [-0.05, 0) is 38.1 Å². The summed E-state index contributed by atoms with van der Waals surface area (Å²) in [6.07, 6.45) is 2.94. The number of hydrogen-bond donors (Lipinski definition) is 1. The number of quaternary nitrogens is 1. The van der Waals surface area contributed by atoms with Crippen molar-refractivity contribution < 1.29 is 15.1 Å². The predicted molar refractivity (Wildman–Crippen MR) is 108 cm³/mol. The largest absolute Gasteiger partial charge is 0.636 e. The van der Waals surface area contributed by atoms with Crippen LogP contribution in [0.25, 0.3) is 0 Å². The third-order valence-corrected chi connectivity index (χ3v) is 4.09. The van der Waals surface area contributed by atoms with E-state index in [0.717, 1.165) is 38.3 Å². The van der Waals surface area contributed by atoms with Crippen LogP contribution in [0.1, 0.15) is 34.6 Å². The fourth-order valence-corrected chi connectivity index (χ4v) is 2.06. The zero-order valence-electron chi connectivity index (χ0n) is 16.1. The van der Waals surface area contributed by atoms with Gasteiger partial charge in [-0.1, -0.05) is 21.8 Å². The van der Waals surface area contributed by atoms with Gasteiger partial charge >= 0.3 is 0 Å². The Morgan fingerprint density at radius 2 is 1.38 bits per heavy atom. The third-order valence-electron chi connectivity index (χ3n) is 4.09. The SMILES string of the molecule is C.C.CC1CCN(/N=N/O[O-])CC1.CN1CCN(C)CC1.[B]C[NH+](C)C. The molecule has 26 heavy (non-hydrogen) atoms. The van der Waals surface area contributed by atoms with Gasteiger partial charge in [0.25, 0.3) is 0 Å². The summed E-state index contributed by atoms with van der Waals surface area (Å²) in [5, 5.41) is 17.7. The van der Waals surface area contributed by atoms with Crippen LogP contribution in [0.15, 0.2) is 10.5 Å².